The SMILES string of the molecule is CCCCN1CC(Nc2ccc([C@@H]3c4cc5c(cc4C[C@@H](C)N3CC(F)(F)CO)OCO5)cc2)C1. The topological polar surface area (TPSA) is 57.2 Å². The highest BCUT2D eigenvalue weighted by molar-refractivity contribution is 5.54. The van der Waals surface area contributed by atoms with Crippen molar-refractivity contribution < 1.29 is 23.4 Å². The number of anilines is 1. The summed E-state index contributed by atoms with van der Waals surface area (Å²) in [5, 5.41) is 12.9. The second-order valence-corrected chi connectivity index (χ2v) is 10.1. The molecule has 0 saturated carbocycles. The van der Waals surface area contributed by atoms with E-state index in [0.717, 1.165) is 42.0 Å². The molecule has 0 amide bonds. The van der Waals surface area contributed by atoms with Crippen molar-refractivity contribution in [1.29, 1.82) is 0 Å². The van der Waals surface area contributed by atoms with Crippen LogP contribution in [0.15, 0.2) is 36.4 Å². The summed E-state index contributed by atoms with van der Waals surface area (Å²) in [6.07, 6.45) is 3.07. The summed E-state index contributed by atoms with van der Waals surface area (Å²) in [7, 11) is 0. The highest BCUT2D eigenvalue weighted by Gasteiger charge is 2.41. The van der Waals surface area contributed by atoms with Crippen LogP contribution in [-0.2, 0) is 6.42 Å². The van der Waals surface area contributed by atoms with Gasteiger partial charge in [-0.1, -0.05) is 25.5 Å². The van der Waals surface area contributed by atoms with E-state index in [1.165, 1.54) is 12.8 Å². The number of nitrogens with one attached hydrogen (secondary N) is 1. The van der Waals surface area contributed by atoms with E-state index in [-0.39, 0.29) is 18.9 Å². The van der Waals surface area contributed by atoms with E-state index >= 15 is 0 Å². The minimum absolute atomic E-state index is 0.132. The number of aliphatic hydroxyl groups is 1. The fourth-order valence-corrected chi connectivity index (χ4v) is 5.46. The monoisotopic (exact) mass is 487 g/mol. The molecule has 0 radical (unpaired) electrons. The van der Waals surface area contributed by atoms with E-state index in [0.29, 0.717) is 24.0 Å². The fourth-order valence-electron chi connectivity index (χ4n) is 5.46. The van der Waals surface area contributed by atoms with E-state index in [1.54, 1.807) is 4.90 Å². The Labute approximate surface area is 205 Å². The van der Waals surface area contributed by atoms with E-state index < -0.39 is 19.1 Å². The first kappa shape index (κ1) is 24.3. The average Bonchev–Trinajstić information content (AvgIpc) is 3.27. The van der Waals surface area contributed by atoms with Gasteiger partial charge in [0.15, 0.2) is 11.5 Å². The van der Waals surface area contributed by atoms with Gasteiger partial charge in [-0.2, -0.15) is 0 Å². The Morgan fingerprint density at radius 3 is 2.51 bits per heavy atom. The summed E-state index contributed by atoms with van der Waals surface area (Å²) in [5.41, 5.74) is 4.01. The molecule has 2 atom stereocenters. The number of aliphatic hydroxyl groups excluding tert-OH is 1. The lowest BCUT2D eigenvalue weighted by atomic mass is 9.84. The summed E-state index contributed by atoms with van der Waals surface area (Å²) < 4.78 is 40.0. The first-order valence-electron chi connectivity index (χ1n) is 12.6. The van der Waals surface area contributed by atoms with Crippen molar-refractivity contribution in [3.63, 3.8) is 0 Å². The number of nitrogens with zero attached hydrogens (tertiary/aromatic N) is 2. The summed E-state index contributed by atoms with van der Waals surface area (Å²) in [6, 6.07) is 12.0. The van der Waals surface area contributed by atoms with Gasteiger partial charge < -0.3 is 19.9 Å². The van der Waals surface area contributed by atoms with Crippen molar-refractivity contribution in [3.8, 4) is 11.5 Å². The number of hydrogen-bond donors (Lipinski definition) is 2. The number of fused-ring (bicyclic) bond motifs is 2. The normalized spacial score (nSPS) is 22.7. The summed E-state index contributed by atoms with van der Waals surface area (Å²) in [6.45, 7) is 5.91. The molecule has 35 heavy (non-hydrogen) atoms. The number of ether oxygens (including phenoxy) is 2. The summed E-state index contributed by atoms with van der Waals surface area (Å²) >= 11 is 0. The van der Waals surface area contributed by atoms with Gasteiger partial charge in [0.2, 0.25) is 6.79 Å². The maximum Gasteiger partial charge on any atom is 0.283 e. The summed E-state index contributed by atoms with van der Waals surface area (Å²) in [5.74, 6) is -1.83. The quantitative estimate of drug-likeness (QED) is 0.551. The van der Waals surface area contributed by atoms with Crippen LogP contribution in [0.3, 0.4) is 0 Å². The number of benzene rings is 2. The maximum absolute atomic E-state index is 14.4. The zero-order valence-corrected chi connectivity index (χ0v) is 20.5. The molecule has 0 aliphatic carbocycles. The van der Waals surface area contributed by atoms with Crippen LogP contribution in [0.4, 0.5) is 14.5 Å². The van der Waals surface area contributed by atoms with Gasteiger partial charge in [0.05, 0.1) is 18.6 Å². The zero-order valence-electron chi connectivity index (χ0n) is 20.5. The molecule has 190 valence electrons. The molecule has 0 bridgehead atoms. The number of hydrogen-bond acceptors (Lipinski definition) is 6. The Morgan fingerprint density at radius 1 is 1.11 bits per heavy atom. The molecule has 6 nitrogen and oxygen atoms in total. The summed E-state index contributed by atoms with van der Waals surface area (Å²) in [4.78, 5) is 4.26. The molecule has 0 unspecified atom stereocenters. The predicted octanol–water partition coefficient (Wildman–Crippen LogP) is 4.28. The number of unbranched alkanes of at least 4 members (excludes halogenated alkanes) is 1. The maximum atomic E-state index is 14.4. The molecule has 0 aromatic heterocycles. The third-order valence-corrected chi connectivity index (χ3v) is 7.37. The number of likely N-dealkylation sites (tertiary alicyclic amines) is 1. The van der Waals surface area contributed by atoms with E-state index in [2.05, 4.69) is 17.1 Å². The van der Waals surface area contributed by atoms with Crippen molar-refractivity contribution in [2.45, 2.75) is 57.2 Å². The fraction of sp³-hybridized carbons (Fsp3) is 0.556. The van der Waals surface area contributed by atoms with Crippen LogP contribution < -0.4 is 14.8 Å². The van der Waals surface area contributed by atoms with Crippen LogP contribution in [0.2, 0.25) is 0 Å². The molecule has 5 rings (SSSR count). The Hall–Kier alpha value is -2.42. The van der Waals surface area contributed by atoms with Crippen LogP contribution in [0.5, 0.6) is 11.5 Å². The van der Waals surface area contributed by atoms with Crippen molar-refractivity contribution in [1.82, 2.24) is 9.80 Å². The predicted molar refractivity (Wildman–Crippen MR) is 132 cm³/mol. The minimum Gasteiger partial charge on any atom is -0.454 e. The highest BCUT2D eigenvalue weighted by Crippen LogP contribution is 2.45. The molecule has 3 heterocycles. The standard InChI is InChI=1S/C27H35F2N3O3/c1-3-4-9-31-13-22(14-31)30-21-7-5-19(6-8-21)26-23-12-25-24(34-17-35-25)11-20(23)10-18(2)32(26)15-27(28,29)16-33/h5-8,11-12,18,22,26,30,33H,3-4,9-10,13-17H2,1-2H3/t18-,26-/m1/s1. The van der Waals surface area contributed by atoms with Gasteiger partial charge in [0.1, 0.15) is 6.61 Å². The van der Waals surface area contributed by atoms with E-state index in [4.69, 9.17) is 9.47 Å². The third-order valence-electron chi connectivity index (χ3n) is 7.37. The molecular weight excluding hydrogens is 452 g/mol. The molecule has 3 aliphatic heterocycles. The molecule has 8 heteroatoms. The molecule has 1 saturated heterocycles. The van der Waals surface area contributed by atoms with Crippen LogP contribution in [-0.4, -0.2) is 72.5 Å². The largest absolute Gasteiger partial charge is 0.454 e. The average molecular weight is 488 g/mol. The lowest BCUT2D eigenvalue weighted by Crippen LogP contribution is -2.54. The van der Waals surface area contributed by atoms with Gasteiger partial charge in [-0.25, -0.2) is 8.78 Å². The minimum atomic E-state index is -3.18. The molecule has 1 fully saturated rings. The van der Waals surface area contributed by atoms with Crippen molar-refractivity contribution in [2.24, 2.45) is 0 Å². The van der Waals surface area contributed by atoms with E-state index in [9.17, 15) is 13.9 Å². The first-order valence-corrected chi connectivity index (χ1v) is 12.6. The van der Waals surface area contributed by atoms with Gasteiger partial charge in [0.25, 0.3) is 5.92 Å². The second-order valence-electron chi connectivity index (χ2n) is 10.1. The lowest BCUT2D eigenvalue weighted by molar-refractivity contribution is -0.0862. The molecule has 0 spiro atoms. The molecule has 2 aromatic carbocycles. The smallest absolute Gasteiger partial charge is 0.283 e. The van der Waals surface area contributed by atoms with Gasteiger partial charge in [-0.3, -0.25) is 9.80 Å². The Morgan fingerprint density at radius 2 is 1.83 bits per heavy atom. The van der Waals surface area contributed by atoms with Gasteiger partial charge in [-0.15, -0.1) is 0 Å². The van der Waals surface area contributed by atoms with Crippen LogP contribution in [0.1, 0.15) is 49.4 Å². The number of rotatable bonds is 9. The van der Waals surface area contributed by atoms with Gasteiger partial charge >= 0.3 is 0 Å². The van der Waals surface area contributed by atoms with Crippen LogP contribution >= 0.6 is 0 Å². The van der Waals surface area contributed by atoms with Crippen molar-refractivity contribution in [3.05, 3.63) is 53.1 Å². The van der Waals surface area contributed by atoms with Gasteiger partial charge in [-0.05, 0) is 67.3 Å². The van der Waals surface area contributed by atoms with E-state index in [1.807, 2.05) is 43.3 Å². The first-order chi connectivity index (χ1) is 16.9. The second kappa shape index (κ2) is 9.91. The van der Waals surface area contributed by atoms with Crippen LogP contribution in [0.25, 0.3) is 0 Å². The molecule has 2 aromatic rings. The van der Waals surface area contributed by atoms with Crippen molar-refractivity contribution in [2.75, 3.05) is 44.9 Å². The molecular formula is C27H35F2N3O3. The Bertz CT molecular complexity index is 1030. The number of alkyl halides is 2. The lowest BCUT2D eigenvalue weighted by Gasteiger charge is -2.43. The van der Waals surface area contributed by atoms with Crippen molar-refractivity contribution >= 4 is 5.69 Å². The highest BCUT2D eigenvalue weighted by atomic mass is 19.3. The third kappa shape index (κ3) is 5.10. The molecule has 3 aliphatic rings. The Kier molecular flexibility index (Phi) is 6.88. The molecule has 2 N–H and O–H groups in total. The van der Waals surface area contributed by atoms with Gasteiger partial charge in [0, 0.05) is 24.8 Å². The zero-order chi connectivity index (χ0) is 24.6. The number of halogens is 2. The van der Waals surface area contributed by atoms with Crippen LogP contribution in [0, 0.1) is 0 Å². The Balaban J connectivity index is 1.39.